The summed E-state index contributed by atoms with van der Waals surface area (Å²) in [5.74, 6) is -0.116. The third-order valence-corrected chi connectivity index (χ3v) is 4.11. The maximum absolute atomic E-state index is 14.2. The van der Waals surface area contributed by atoms with Gasteiger partial charge in [-0.15, -0.1) is 0 Å². The molecule has 0 bridgehead atoms. The Morgan fingerprint density at radius 1 is 1.18 bits per heavy atom. The average Bonchev–Trinajstić information content (AvgIpc) is 2.48. The van der Waals surface area contributed by atoms with E-state index in [1.807, 2.05) is 6.92 Å². The van der Waals surface area contributed by atoms with Gasteiger partial charge in [-0.3, -0.25) is 4.79 Å². The summed E-state index contributed by atoms with van der Waals surface area (Å²) in [4.78, 5) is 15.7. The first-order valence-electron chi connectivity index (χ1n) is 7.97. The predicted octanol–water partition coefficient (Wildman–Crippen LogP) is 4.50. The van der Waals surface area contributed by atoms with Crippen LogP contribution < -0.4 is 10.2 Å². The lowest BCUT2D eigenvalue weighted by Crippen LogP contribution is -2.15. The second-order valence-electron chi connectivity index (χ2n) is 5.75. The first kappa shape index (κ1) is 16.5. The minimum absolute atomic E-state index is 0.134. The SMILES string of the molecule is CCCCCCCc1c(C)[nH]c2cc(OC)cc(F)c2c1=O. The monoisotopic (exact) mass is 305 g/mol. The highest BCUT2D eigenvalue weighted by molar-refractivity contribution is 5.81. The van der Waals surface area contributed by atoms with Crippen molar-refractivity contribution in [3.05, 3.63) is 39.4 Å². The van der Waals surface area contributed by atoms with Gasteiger partial charge in [0.25, 0.3) is 0 Å². The van der Waals surface area contributed by atoms with Gasteiger partial charge in [-0.2, -0.15) is 0 Å². The standard InChI is InChI=1S/C18H24FNO2/c1-4-5-6-7-8-9-14-12(2)20-16-11-13(22-3)10-15(19)17(16)18(14)21/h10-11H,4-9H2,1-3H3,(H,20,21). The fraction of sp³-hybridized carbons (Fsp3) is 0.500. The van der Waals surface area contributed by atoms with Gasteiger partial charge in [0.2, 0.25) is 0 Å². The molecule has 0 unspecified atom stereocenters. The molecular weight excluding hydrogens is 281 g/mol. The van der Waals surface area contributed by atoms with Crippen molar-refractivity contribution >= 4 is 10.9 Å². The third kappa shape index (κ3) is 3.49. The number of halogens is 1. The molecule has 0 saturated carbocycles. The number of benzene rings is 1. The van der Waals surface area contributed by atoms with Crippen molar-refractivity contribution in [1.82, 2.24) is 4.98 Å². The molecule has 0 saturated heterocycles. The van der Waals surface area contributed by atoms with Gasteiger partial charge in [0, 0.05) is 23.4 Å². The number of hydrogen-bond donors (Lipinski definition) is 1. The summed E-state index contributed by atoms with van der Waals surface area (Å²) < 4.78 is 19.2. The normalized spacial score (nSPS) is 11.1. The maximum atomic E-state index is 14.2. The zero-order valence-corrected chi connectivity index (χ0v) is 13.6. The number of H-pyrrole nitrogens is 1. The van der Waals surface area contributed by atoms with Crippen LogP contribution in [0.25, 0.3) is 10.9 Å². The van der Waals surface area contributed by atoms with Crippen LogP contribution in [0.3, 0.4) is 0 Å². The fourth-order valence-electron chi connectivity index (χ4n) is 2.83. The van der Waals surface area contributed by atoms with E-state index in [1.54, 1.807) is 6.07 Å². The zero-order valence-electron chi connectivity index (χ0n) is 13.6. The van der Waals surface area contributed by atoms with E-state index < -0.39 is 5.82 Å². The van der Waals surface area contributed by atoms with E-state index in [0.717, 1.165) is 18.5 Å². The third-order valence-electron chi connectivity index (χ3n) is 4.11. The number of aromatic amines is 1. The molecule has 1 N–H and O–H groups in total. The van der Waals surface area contributed by atoms with Crippen LogP contribution in [0.4, 0.5) is 4.39 Å². The lowest BCUT2D eigenvalue weighted by atomic mass is 10.0. The van der Waals surface area contributed by atoms with Crippen LogP contribution in [-0.4, -0.2) is 12.1 Å². The van der Waals surface area contributed by atoms with E-state index in [4.69, 9.17) is 4.74 Å². The highest BCUT2D eigenvalue weighted by atomic mass is 19.1. The van der Waals surface area contributed by atoms with Crippen molar-refractivity contribution in [2.24, 2.45) is 0 Å². The van der Waals surface area contributed by atoms with Crippen LogP contribution in [-0.2, 0) is 6.42 Å². The zero-order chi connectivity index (χ0) is 16.1. The molecule has 0 aliphatic rings. The average molecular weight is 305 g/mol. The highest BCUT2D eigenvalue weighted by Crippen LogP contribution is 2.22. The Labute approximate surface area is 130 Å². The molecule has 0 spiro atoms. The molecule has 0 amide bonds. The minimum atomic E-state index is -0.525. The Hall–Kier alpha value is -1.84. The van der Waals surface area contributed by atoms with Gasteiger partial charge in [-0.05, 0) is 19.8 Å². The summed E-state index contributed by atoms with van der Waals surface area (Å²) in [6, 6.07) is 2.93. The van der Waals surface area contributed by atoms with Crippen LogP contribution in [0.2, 0.25) is 0 Å². The number of aryl methyl sites for hydroxylation is 1. The lowest BCUT2D eigenvalue weighted by Gasteiger charge is -2.10. The molecule has 4 heteroatoms. The second kappa shape index (κ2) is 7.43. The Kier molecular flexibility index (Phi) is 5.58. The van der Waals surface area contributed by atoms with E-state index >= 15 is 0 Å². The first-order valence-corrected chi connectivity index (χ1v) is 7.97. The van der Waals surface area contributed by atoms with E-state index in [0.29, 0.717) is 23.3 Å². The number of rotatable bonds is 7. The van der Waals surface area contributed by atoms with Crippen LogP contribution in [0.15, 0.2) is 16.9 Å². The summed E-state index contributed by atoms with van der Waals surface area (Å²) in [5.41, 5.74) is 1.82. The molecule has 0 aliphatic heterocycles. The first-order chi connectivity index (χ1) is 10.6. The molecule has 1 aromatic carbocycles. The molecule has 3 nitrogen and oxygen atoms in total. The molecule has 1 aromatic heterocycles. The molecule has 0 atom stereocenters. The predicted molar refractivity (Wildman–Crippen MR) is 88.3 cm³/mol. The van der Waals surface area contributed by atoms with Crippen molar-refractivity contribution in [1.29, 1.82) is 0 Å². The lowest BCUT2D eigenvalue weighted by molar-refractivity contribution is 0.412. The van der Waals surface area contributed by atoms with E-state index in [1.165, 1.54) is 32.4 Å². The van der Waals surface area contributed by atoms with Crippen LogP contribution >= 0.6 is 0 Å². The minimum Gasteiger partial charge on any atom is -0.497 e. The van der Waals surface area contributed by atoms with E-state index in [2.05, 4.69) is 11.9 Å². The largest absolute Gasteiger partial charge is 0.497 e. The maximum Gasteiger partial charge on any atom is 0.195 e. The summed E-state index contributed by atoms with van der Waals surface area (Å²) in [5, 5.41) is 0.134. The number of nitrogens with one attached hydrogen (secondary N) is 1. The molecule has 0 radical (unpaired) electrons. The topological polar surface area (TPSA) is 42.1 Å². The Morgan fingerprint density at radius 2 is 1.91 bits per heavy atom. The van der Waals surface area contributed by atoms with Gasteiger partial charge in [-0.1, -0.05) is 32.6 Å². The smallest absolute Gasteiger partial charge is 0.195 e. The number of ether oxygens (including phenoxy) is 1. The molecule has 22 heavy (non-hydrogen) atoms. The van der Waals surface area contributed by atoms with Crippen LogP contribution in [0.5, 0.6) is 5.75 Å². The second-order valence-corrected chi connectivity index (χ2v) is 5.75. The van der Waals surface area contributed by atoms with Crippen molar-refractivity contribution in [2.75, 3.05) is 7.11 Å². The molecule has 1 heterocycles. The van der Waals surface area contributed by atoms with Gasteiger partial charge >= 0.3 is 0 Å². The summed E-state index contributed by atoms with van der Waals surface area (Å²) in [6.45, 7) is 4.05. The van der Waals surface area contributed by atoms with Crippen molar-refractivity contribution in [3.8, 4) is 5.75 Å². The summed E-state index contributed by atoms with van der Waals surface area (Å²) >= 11 is 0. The van der Waals surface area contributed by atoms with Gasteiger partial charge in [0.05, 0.1) is 18.0 Å². The molecule has 2 aromatic rings. The van der Waals surface area contributed by atoms with Crippen molar-refractivity contribution in [2.45, 2.75) is 52.4 Å². The van der Waals surface area contributed by atoms with Crippen LogP contribution in [0, 0.1) is 12.7 Å². The van der Waals surface area contributed by atoms with Crippen LogP contribution in [0.1, 0.15) is 50.3 Å². The molecule has 0 aliphatic carbocycles. The van der Waals surface area contributed by atoms with E-state index in [-0.39, 0.29) is 10.8 Å². The molecule has 2 rings (SSSR count). The Morgan fingerprint density at radius 3 is 2.59 bits per heavy atom. The number of fused-ring (bicyclic) bond motifs is 1. The molecule has 120 valence electrons. The molecule has 0 fully saturated rings. The van der Waals surface area contributed by atoms with E-state index in [9.17, 15) is 9.18 Å². The number of unbranched alkanes of at least 4 members (excludes halogenated alkanes) is 4. The van der Waals surface area contributed by atoms with Crippen molar-refractivity contribution in [3.63, 3.8) is 0 Å². The Balaban J connectivity index is 2.32. The van der Waals surface area contributed by atoms with Crippen molar-refractivity contribution < 1.29 is 9.13 Å². The number of hydrogen-bond acceptors (Lipinski definition) is 2. The number of pyridine rings is 1. The molecular formula is C18H24FNO2. The number of methoxy groups -OCH3 is 1. The van der Waals surface area contributed by atoms with Gasteiger partial charge in [-0.25, -0.2) is 4.39 Å². The highest BCUT2D eigenvalue weighted by Gasteiger charge is 2.14. The Bertz CT molecular complexity index is 706. The van der Waals surface area contributed by atoms with Gasteiger partial charge in [0.1, 0.15) is 11.6 Å². The quantitative estimate of drug-likeness (QED) is 0.765. The van der Waals surface area contributed by atoms with Gasteiger partial charge < -0.3 is 9.72 Å². The number of aromatic nitrogens is 1. The van der Waals surface area contributed by atoms with Gasteiger partial charge in [0.15, 0.2) is 5.43 Å². The summed E-state index contributed by atoms with van der Waals surface area (Å²) in [6.07, 6.45) is 6.38. The summed E-state index contributed by atoms with van der Waals surface area (Å²) in [7, 11) is 1.48. The fourth-order valence-corrected chi connectivity index (χ4v) is 2.83.